The first kappa shape index (κ1) is 9.89. The summed E-state index contributed by atoms with van der Waals surface area (Å²) in [6.07, 6.45) is 0.566. The largest absolute Gasteiger partial charge is 0.324 e. The van der Waals surface area contributed by atoms with Crippen molar-refractivity contribution >= 4 is 5.78 Å². The average molecular weight is 178 g/mol. The molecule has 0 amide bonds. The Morgan fingerprint density at radius 3 is 2.46 bits per heavy atom. The monoisotopic (exact) mass is 178 g/mol. The Morgan fingerprint density at radius 2 is 1.92 bits per heavy atom. The molecule has 0 aliphatic rings. The first-order chi connectivity index (χ1) is 6.24. The summed E-state index contributed by atoms with van der Waals surface area (Å²) in [5.41, 5.74) is 11.9. The quantitative estimate of drug-likeness (QED) is 0.686. The highest BCUT2D eigenvalue weighted by Gasteiger charge is 2.11. The van der Waals surface area contributed by atoms with Crippen molar-refractivity contribution in [3.63, 3.8) is 0 Å². The van der Waals surface area contributed by atoms with Crippen LogP contribution >= 0.6 is 0 Å². The zero-order valence-corrected chi connectivity index (χ0v) is 7.44. The van der Waals surface area contributed by atoms with Gasteiger partial charge in [0.05, 0.1) is 12.6 Å². The van der Waals surface area contributed by atoms with Crippen molar-refractivity contribution in [1.29, 1.82) is 0 Å². The minimum Gasteiger partial charge on any atom is -0.324 e. The number of nitrogens with two attached hydrogens (primary N) is 2. The van der Waals surface area contributed by atoms with Crippen molar-refractivity contribution in [2.24, 2.45) is 11.5 Å². The lowest BCUT2D eigenvalue weighted by Gasteiger charge is -2.08. The molecule has 3 nitrogen and oxygen atoms in total. The minimum absolute atomic E-state index is 0.0218. The van der Waals surface area contributed by atoms with Crippen LogP contribution in [0.15, 0.2) is 30.3 Å². The van der Waals surface area contributed by atoms with Gasteiger partial charge in [-0.3, -0.25) is 4.79 Å². The summed E-state index contributed by atoms with van der Waals surface area (Å²) in [5, 5.41) is 0. The topological polar surface area (TPSA) is 69.1 Å². The minimum atomic E-state index is -0.465. The summed E-state index contributed by atoms with van der Waals surface area (Å²) in [5.74, 6) is -0.0937. The van der Waals surface area contributed by atoms with Crippen molar-refractivity contribution in [2.75, 3.05) is 6.54 Å². The van der Waals surface area contributed by atoms with Gasteiger partial charge in [-0.05, 0) is 12.0 Å². The van der Waals surface area contributed by atoms with Gasteiger partial charge in [-0.2, -0.15) is 0 Å². The number of rotatable bonds is 4. The highest BCUT2D eigenvalue weighted by molar-refractivity contribution is 5.85. The Morgan fingerprint density at radius 1 is 1.31 bits per heavy atom. The molecule has 1 aromatic rings. The van der Waals surface area contributed by atoms with E-state index < -0.39 is 6.04 Å². The Hall–Kier alpha value is -1.19. The molecular formula is C10H14N2O. The molecule has 0 bridgehead atoms. The maximum absolute atomic E-state index is 11.1. The zero-order chi connectivity index (χ0) is 9.68. The fourth-order valence-corrected chi connectivity index (χ4v) is 1.13. The molecule has 4 N–H and O–H groups in total. The molecule has 0 radical (unpaired) electrons. The molecule has 0 aliphatic carbocycles. The number of benzene rings is 1. The fraction of sp³-hybridized carbons (Fsp3) is 0.300. The molecule has 0 saturated heterocycles. The molecule has 1 rings (SSSR count). The van der Waals surface area contributed by atoms with Crippen molar-refractivity contribution in [2.45, 2.75) is 12.5 Å². The summed E-state index contributed by atoms with van der Waals surface area (Å²) in [7, 11) is 0. The van der Waals surface area contributed by atoms with Crippen molar-refractivity contribution in [1.82, 2.24) is 0 Å². The van der Waals surface area contributed by atoms with Gasteiger partial charge < -0.3 is 11.5 Å². The van der Waals surface area contributed by atoms with Crippen LogP contribution in [0.1, 0.15) is 5.56 Å². The van der Waals surface area contributed by atoms with E-state index in [1.165, 1.54) is 0 Å². The molecule has 0 aromatic heterocycles. The van der Waals surface area contributed by atoms with Crippen LogP contribution in [-0.4, -0.2) is 18.4 Å². The summed E-state index contributed by atoms with van der Waals surface area (Å²) < 4.78 is 0. The fourth-order valence-electron chi connectivity index (χ4n) is 1.13. The predicted molar refractivity (Wildman–Crippen MR) is 52.2 cm³/mol. The van der Waals surface area contributed by atoms with E-state index >= 15 is 0 Å². The second-order valence-electron chi connectivity index (χ2n) is 2.97. The smallest absolute Gasteiger partial charge is 0.163 e. The lowest BCUT2D eigenvalue weighted by Crippen LogP contribution is -2.37. The van der Waals surface area contributed by atoms with Gasteiger partial charge >= 0.3 is 0 Å². The van der Waals surface area contributed by atoms with Crippen LogP contribution in [0.3, 0.4) is 0 Å². The van der Waals surface area contributed by atoms with Crippen LogP contribution < -0.4 is 11.5 Å². The van der Waals surface area contributed by atoms with Crippen LogP contribution in [0.5, 0.6) is 0 Å². The van der Waals surface area contributed by atoms with Gasteiger partial charge in [-0.25, -0.2) is 0 Å². The number of carbonyl (C=O) groups is 1. The molecule has 0 heterocycles. The van der Waals surface area contributed by atoms with E-state index in [0.29, 0.717) is 6.42 Å². The Labute approximate surface area is 77.7 Å². The van der Waals surface area contributed by atoms with Gasteiger partial charge in [0.25, 0.3) is 0 Å². The highest BCUT2D eigenvalue weighted by Crippen LogP contribution is 2.01. The summed E-state index contributed by atoms with van der Waals surface area (Å²) in [6.45, 7) is 0.0218. The van der Waals surface area contributed by atoms with Gasteiger partial charge in [0.15, 0.2) is 5.78 Å². The molecule has 0 unspecified atom stereocenters. The van der Waals surface area contributed by atoms with Gasteiger partial charge in [0.2, 0.25) is 0 Å². The molecule has 1 atom stereocenters. The second kappa shape index (κ2) is 4.74. The van der Waals surface area contributed by atoms with Crippen LogP contribution in [0.25, 0.3) is 0 Å². The maximum atomic E-state index is 11.1. The molecule has 70 valence electrons. The van der Waals surface area contributed by atoms with Gasteiger partial charge in [0.1, 0.15) is 0 Å². The van der Waals surface area contributed by atoms with E-state index in [1.54, 1.807) is 0 Å². The van der Waals surface area contributed by atoms with E-state index in [2.05, 4.69) is 0 Å². The number of carbonyl (C=O) groups excluding carboxylic acids is 1. The van der Waals surface area contributed by atoms with E-state index in [4.69, 9.17) is 11.5 Å². The third-order valence-corrected chi connectivity index (χ3v) is 1.91. The molecule has 0 aliphatic heterocycles. The van der Waals surface area contributed by atoms with Crippen LogP contribution in [-0.2, 0) is 11.2 Å². The number of hydrogen-bond donors (Lipinski definition) is 2. The molecule has 0 fully saturated rings. The van der Waals surface area contributed by atoms with E-state index in [9.17, 15) is 4.79 Å². The van der Waals surface area contributed by atoms with Crippen molar-refractivity contribution in [3.05, 3.63) is 35.9 Å². The third kappa shape index (κ3) is 2.97. The lowest BCUT2D eigenvalue weighted by atomic mass is 10.0. The summed E-state index contributed by atoms with van der Waals surface area (Å²) in [6, 6.07) is 9.21. The molecule has 0 saturated carbocycles. The van der Waals surface area contributed by atoms with E-state index in [-0.39, 0.29) is 12.3 Å². The van der Waals surface area contributed by atoms with Crippen molar-refractivity contribution < 1.29 is 4.79 Å². The SMILES string of the molecule is NCC(=O)[C@@H](N)Cc1ccccc1. The Bertz CT molecular complexity index is 272. The molecule has 13 heavy (non-hydrogen) atoms. The summed E-state index contributed by atoms with van der Waals surface area (Å²) >= 11 is 0. The van der Waals surface area contributed by atoms with Gasteiger partial charge in [-0.15, -0.1) is 0 Å². The number of hydrogen-bond acceptors (Lipinski definition) is 3. The number of Topliss-reactive ketones (excluding diaryl/α,β-unsaturated/α-hetero) is 1. The average Bonchev–Trinajstić information content (AvgIpc) is 2.18. The van der Waals surface area contributed by atoms with Crippen LogP contribution in [0.4, 0.5) is 0 Å². The van der Waals surface area contributed by atoms with Gasteiger partial charge in [-0.1, -0.05) is 30.3 Å². The zero-order valence-electron chi connectivity index (χ0n) is 7.44. The highest BCUT2D eigenvalue weighted by atomic mass is 16.1. The van der Waals surface area contributed by atoms with Crippen LogP contribution in [0.2, 0.25) is 0 Å². The van der Waals surface area contributed by atoms with E-state index in [0.717, 1.165) is 5.56 Å². The number of ketones is 1. The molecule has 0 spiro atoms. The predicted octanol–water partition coefficient (Wildman–Crippen LogP) is 0.0842. The van der Waals surface area contributed by atoms with Crippen LogP contribution in [0, 0.1) is 0 Å². The lowest BCUT2D eigenvalue weighted by molar-refractivity contribution is -0.118. The molecule has 1 aromatic carbocycles. The molecule has 3 heteroatoms. The summed E-state index contributed by atoms with van der Waals surface area (Å²) in [4.78, 5) is 11.1. The molecular weight excluding hydrogens is 164 g/mol. The van der Waals surface area contributed by atoms with Crippen molar-refractivity contribution in [3.8, 4) is 0 Å². The Balaban J connectivity index is 2.55. The second-order valence-corrected chi connectivity index (χ2v) is 2.97. The maximum Gasteiger partial charge on any atom is 0.163 e. The third-order valence-electron chi connectivity index (χ3n) is 1.91. The van der Waals surface area contributed by atoms with Gasteiger partial charge in [0, 0.05) is 0 Å². The Kier molecular flexibility index (Phi) is 3.61. The standard InChI is InChI=1S/C10H14N2O/c11-7-10(13)9(12)6-8-4-2-1-3-5-8/h1-5,9H,6-7,11-12H2/t9-/m0/s1. The first-order valence-corrected chi connectivity index (χ1v) is 4.26. The first-order valence-electron chi connectivity index (χ1n) is 4.26. The normalized spacial score (nSPS) is 12.5. The van der Waals surface area contributed by atoms with E-state index in [1.807, 2.05) is 30.3 Å².